The van der Waals surface area contributed by atoms with Crippen molar-refractivity contribution in [3.63, 3.8) is 0 Å². The van der Waals surface area contributed by atoms with E-state index in [2.05, 4.69) is 26.0 Å². The van der Waals surface area contributed by atoms with Crippen molar-refractivity contribution in [3.05, 3.63) is 28.6 Å². The van der Waals surface area contributed by atoms with E-state index in [1.54, 1.807) is 23.3 Å². The minimum Gasteiger partial charge on any atom is -0.396 e. The van der Waals surface area contributed by atoms with Gasteiger partial charge in [0.25, 0.3) is 0 Å². The average Bonchev–Trinajstić information content (AvgIpc) is 2.52. The maximum Gasteiger partial charge on any atom is 0.0927 e. The summed E-state index contributed by atoms with van der Waals surface area (Å²) >= 11 is 3.45. The van der Waals surface area contributed by atoms with Crippen LogP contribution in [-0.2, 0) is 7.05 Å². The molecule has 0 aliphatic carbocycles. The first-order valence-electron chi connectivity index (χ1n) is 4.49. The molecule has 0 aliphatic heterocycles. The second kappa shape index (κ2) is 3.66. The zero-order chi connectivity index (χ0) is 11.0. The molecule has 5 heteroatoms. The monoisotopic (exact) mass is 266 g/mol. The van der Waals surface area contributed by atoms with E-state index in [1.807, 2.05) is 14.0 Å². The highest BCUT2D eigenvalue weighted by molar-refractivity contribution is 9.10. The predicted molar refractivity (Wildman–Crippen MR) is 63.3 cm³/mol. The summed E-state index contributed by atoms with van der Waals surface area (Å²) in [6, 6.07) is 0. The molecule has 2 N–H and O–H groups in total. The van der Waals surface area contributed by atoms with E-state index < -0.39 is 0 Å². The Morgan fingerprint density at radius 1 is 1.33 bits per heavy atom. The molecule has 78 valence electrons. The summed E-state index contributed by atoms with van der Waals surface area (Å²) in [6.07, 6.45) is 5.22. The van der Waals surface area contributed by atoms with Crippen molar-refractivity contribution < 1.29 is 0 Å². The number of pyridine rings is 1. The van der Waals surface area contributed by atoms with Crippen LogP contribution in [0.3, 0.4) is 0 Å². The van der Waals surface area contributed by atoms with Crippen LogP contribution >= 0.6 is 15.9 Å². The lowest BCUT2D eigenvalue weighted by atomic mass is 10.1. The zero-order valence-corrected chi connectivity index (χ0v) is 10.1. The summed E-state index contributed by atoms with van der Waals surface area (Å²) in [5.41, 5.74) is 9.55. The number of aromatic nitrogens is 3. The van der Waals surface area contributed by atoms with Gasteiger partial charge in [-0.2, -0.15) is 5.10 Å². The third-order valence-electron chi connectivity index (χ3n) is 2.38. The van der Waals surface area contributed by atoms with Crippen molar-refractivity contribution in [1.82, 2.24) is 14.8 Å². The van der Waals surface area contributed by atoms with Gasteiger partial charge in [-0.1, -0.05) is 0 Å². The lowest BCUT2D eigenvalue weighted by Gasteiger charge is -2.08. The van der Waals surface area contributed by atoms with Gasteiger partial charge in [0.05, 0.1) is 17.6 Å². The van der Waals surface area contributed by atoms with Crippen molar-refractivity contribution >= 4 is 21.6 Å². The SMILES string of the molecule is Cc1c(Br)cncc1-c1c(N)cnn1C. The fraction of sp³-hybridized carbons (Fsp3) is 0.200. The number of nitrogens with two attached hydrogens (primary N) is 1. The maximum atomic E-state index is 5.87. The Balaban J connectivity index is 2.69. The van der Waals surface area contributed by atoms with Crippen molar-refractivity contribution in [2.24, 2.45) is 7.05 Å². The van der Waals surface area contributed by atoms with Gasteiger partial charge >= 0.3 is 0 Å². The Morgan fingerprint density at radius 2 is 2.07 bits per heavy atom. The molecule has 2 aromatic rings. The molecule has 0 radical (unpaired) electrons. The van der Waals surface area contributed by atoms with Gasteiger partial charge in [0.2, 0.25) is 0 Å². The van der Waals surface area contributed by atoms with Crippen molar-refractivity contribution in [1.29, 1.82) is 0 Å². The van der Waals surface area contributed by atoms with E-state index in [0.717, 1.165) is 21.3 Å². The first-order valence-corrected chi connectivity index (χ1v) is 5.28. The number of nitrogens with zero attached hydrogens (tertiary/aromatic N) is 3. The highest BCUT2D eigenvalue weighted by Gasteiger charge is 2.12. The molecule has 0 aromatic carbocycles. The van der Waals surface area contributed by atoms with E-state index in [-0.39, 0.29) is 0 Å². The van der Waals surface area contributed by atoms with Crippen molar-refractivity contribution in [2.45, 2.75) is 6.92 Å². The lowest BCUT2D eigenvalue weighted by Crippen LogP contribution is -1.98. The van der Waals surface area contributed by atoms with Crippen LogP contribution in [-0.4, -0.2) is 14.8 Å². The van der Waals surface area contributed by atoms with Crippen molar-refractivity contribution in [2.75, 3.05) is 5.73 Å². The molecule has 0 bridgehead atoms. The van der Waals surface area contributed by atoms with Gasteiger partial charge in [-0.15, -0.1) is 0 Å². The first-order chi connectivity index (χ1) is 7.11. The molecule has 4 nitrogen and oxygen atoms in total. The minimum absolute atomic E-state index is 0.667. The molecule has 0 saturated carbocycles. The van der Waals surface area contributed by atoms with Crippen LogP contribution in [0.25, 0.3) is 11.3 Å². The molecule has 0 atom stereocenters. The Morgan fingerprint density at radius 3 is 2.67 bits per heavy atom. The predicted octanol–water partition coefficient (Wildman–Crippen LogP) is 2.14. The largest absolute Gasteiger partial charge is 0.396 e. The normalized spacial score (nSPS) is 10.6. The van der Waals surface area contributed by atoms with Crippen LogP contribution in [0.1, 0.15) is 5.56 Å². The fourth-order valence-corrected chi connectivity index (χ4v) is 1.85. The standard InChI is InChI=1S/C10H11BrN4/c1-6-7(3-13-4-8(6)11)10-9(12)5-14-15(10)2/h3-5H,12H2,1-2H3. The first kappa shape index (κ1) is 10.2. The number of nitrogen functional groups attached to an aromatic ring is 1. The molecular weight excluding hydrogens is 256 g/mol. The second-order valence-electron chi connectivity index (χ2n) is 3.37. The van der Waals surface area contributed by atoms with E-state index in [1.165, 1.54) is 0 Å². The van der Waals surface area contributed by atoms with E-state index in [9.17, 15) is 0 Å². The van der Waals surface area contributed by atoms with Gasteiger partial charge in [-0.25, -0.2) is 0 Å². The van der Waals surface area contributed by atoms with Crippen molar-refractivity contribution in [3.8, 4) is 11.3 Å². The van der Waals surface area contributed by atoms with E-state index >= 15 is 0 Å². The molecular formula is C10H11BrN4. The van der Waals surface area contributed by atoms with Gasteiger partial charge in [0, 0.05) is 29.5 Å². The molecule has 0 aliphatic rings. The van der Waals surface area contributed by atoms with Gasteiger partial charge in [-0.3, -0.25) is 9.67 Å². The lowest BCUT2D eigenvalue weighted by molar-refractivity contribution is 0.775. The molecule has 0 unspecified atom stereocenters. The average molecular weight is 267 g/mol. The molecule has 2 rings (SSSR count). The van der Waals surface area contributed by atoms with Gasteiger partial charge in [0.1, 0.15) is 0 Å². The Labute approximate surface area is 96.3 Å². The third kappa shape index (κ3) is 1.63. The summed E-state index contributed by atoms with van der Waals surface area (Å²) in [5, 5.41) is 4.11. The number of halogens is 1. The molecule has 15 heavy (non-hydrogen) atoms. The number of anilines is 1. The second-order valence-corrected chi connectivity index (χ2v) is 4.22. The summed E-state index contributed by atoms with van der Waals surface area (Å²) in [6.45, 7) is 2.02. The number of rotatable bonds is 1. The molecule has 2 heterocycles. The highest BCUT2D eigenvalue weighted by atomic mass is 79.9. The summed E-state index contributed by atoms with van der Waals surface area (Å²) in [5.74, 6) is 0. The number of hydrogen-bond donors (Lipinski definition) is 1. The summed E-state index contributed by atoms with van der Waals surface area (Å²) in [7, 11) is 1.87. The summed E-state index contributed by atoms with van der Waals surface area (Å²) in [4.78, 5) is 4.14. The number of hydrogen-bond acceptors (Lipinski definition) is 3. The molecule has 0 spiro atoms. The minimum atomic E-state index is 0.667. The van der Waals surface area contributed by atoms with Gasteiger partial charge in [-0.05, 0) is 28.4 Å². The fourth-order valence-electron chi connectivity index (χ4n) is 1.52. The van der Waals surface area contributed by atoms with Gasteiger partial charge < -0.3 is 5.73 Å². The molecule has 2 aromatic heterocycles. The quantitative estimate of drug-likeness (QED) is 0.861. The Bertz CT molecular complexity index is 485. The van der Waals surface area contributed by atoms with Gasteiger partial charge in [0.15, 0.2) is 0 Å². The highest BCUT2D eigenvalue weighted by Crippen LogP contribution is 2.30. The van der Waals surface area contributed by atoms with Crippen LogP contribution in [0.5, 0.6) is 0 Å². The van der Waals surface area contributed by atoms with E-state index in [4.69, 9.17) is 5.73 Å². The number of aryl methyl sites for hydroxylation is 1. The third-order valence-corrected chi connectivity index (χ3v) is 3.18. The Hall–Kier alpha value is -1.36. The molecule has 0 amide bonds. The van der Waals surface area contributed by atoms with Crippen LogP contribution < -0.4 is 5.73 Å². The zero-order valence-electron chi connectivity index (χ0n) is 8.53. The van der Waals surface area contributed by atoms with Crippen LogP contribution in [0.4, 0.5) is 5.69 Å². The molecule has 0 fully saturated rings. The van der Waals surface area contributed by atoms with E-state index in [0.29, 0.717) is 5.69 Å². The van der Waals surface area contributed by atoms with Crippen LogP contribution in [0.15, 0.2) is 23.1 Å². The summed E-state index contributed by atoms with van der Waals surface area (Å²) < 4.78 is 2.73. The molecule has 0 saturated heterocycles. The maximum absolute atomic E-state index is 5.87. The smallest absolute Gasteiger partial charge is 0.0927 e. The topological polar surface area (TPSA) is 56.7 Å². The van der Waals surface area contributed by atoms with Crippen LogP contribution in [0.2, 0.25) is 0 Å². The van der Waals surface area contributed by atoms with Crippen LogP contribution in [0, 0.1) is 6.92 Å². The Kier molecular flexibility index (Phi) is 2.48.